The molecular weight excluding hydrogens is 210 g/mol. The molecule has 0 fully saturated rings. The molecule has 16 heavy (non-hydrogen) atoms. The maximum absolute atomic E-state index is 10.6. The number of H-pyrrole nitrogens is 1. The van der Waals surface area contributed by atoms with Crippen LogP contribution in [0.4, 0.5) is 11.6 Å². The summed E-state index contributed by atoms with van der Waals surface area (Å²) in [5.41, 5.74) is 6.87. The molecule has 2 aromatic rings. The van der Waals surface area contributed by atoms with Crippen LogP contribution in [-0.4, -0.2) is 20.1 Å². The summed E-state index contributed by atoms with van der Waals surface area (Å²) in [6, 6.07) is 4.54. The molecule has 7 nitrogen and oxygen atoms in total. The molecule has 1 aromatic carbocycles. The lowest BCUT2D eigenvalue weighted by Gasteiger charge is -2.01. The molecule has 0 aliphatic rings. The quantitative estimate of drug-likeness (QED) is 0.583. The van der Waals surface area contributed by atoms with Crippen molar-refractivity contribution in [1.82, 2.24) is 15.2 Å². The van der Waals surface area contributed by atoms with E-state index in [1.54, 1.807) is 6.07 Å². The van der Waals surface area contributed by atoms with Gasteiger partial charge in [0.25, 0.3) is 5.69 Å². The number of nitrogen functional groups attached to an aromatic ring is 1. The zero-order valence-corrected chi connectivity index (χ0v) is 8.47. The van der Waals surface area contributed by atoms with Crippen LogP contribution in [0.3, 0.4) is 0 Å². The minimum atomic E-state index is -0.456. The number of aromatic amines is 1. The Labute approximate surface area is 90.5 Å². The Bertz CT molecular complexity index is 549. The van der Waals surface area contributed by atoms with Gasteiger partial charge in [0.1, 0.15) is 0 Å². The maximum atomic E-state index is 10.6. The van der Waals surface area contributed by atoms with E-state index in [1.165, 1.54) is 12.1 Å². The maximum Gasteiger partial charge on any atom is 0.270 e. The third-order valence-electron chi connectivity index (χ3n) is 2.19. The molecule has 1 aromatic heterocycles. The molecule has 0 aliphatic heterocycles. The second kappa shape index (κ2) is 3.61. The van der Waals surface area contributed by atoms with Gasteiger partial charge in [-0.15, -0.1) is 5.10 Å². The van der Waals surface area contributed by atoms with Crippen LogP contribution in [0, 0.1) is 17.0 Å². The average Bonchev–Trinajstić information content (AvgIpc) is 2.65. The van der Waals surface area contributed by atoms with Gasteiger partial charge in [-0.2, -0.15) is 4.98 Å². The van der Waals surface area contributed by atoms with Crippen LogP contribution in [0.1, 0.15) is 5.56 Å². The van der Waals surface area contributed by atoms with Gasteiger partial charge >= 0.3 is 0 Å². The molecule has 3 N–H and O–H groups in total. The highest BCUT2D eigenvalue weighted by Gasteiger charge is 2.12. The minimum absolute atomic E-state index is 0.00979. The zero-order chi connectivity index (χ0) is 11.7. The molecule has 0 saturated heterocycles. The van der Waals surface area contributed by atoms with Gasteiger partial charge in [-0.25, -0.2) is 0 Å². The number of nitro benzene ring substituents is 1. The molecule has 1 heterocycles. The van der Waals surface area contributed by atoms with Crippen molar-refractivity contribution in [2.24, 2.45) is 0 Å². The van der Waals surface area contributed by atoms with Crippen molar-refractivity contribution in [3.8, 4) is 11.4 Å². The van der Waals surface area contributed by atoms with Gasteiger partial charge in [0, 0.05) is 17.7 Å². The second-order valence-corrected chi connectivity index (χ2v) is 3.30. The lowest BCUT2D eigenvalue weighted by molar-refractivity contribution is -0.384. The third-order valence-corrected chi connectivity index (χ3v) is 2.19. The first-order valence-electron chi connectivity index (χ1n) is 4.51. The van der Waals surface area contributed by atoms with Crippen molar-refractivity contribution < 1.29 is 4.92 Å². The summed E-state index contributed by atoms with van der Waals surface area (Å²) >= 11 is 0. The Morgan fingerprint density at radius 3 is 2.81 bits per heavy atom. The molecule has 0 radical (unpaired) electrons. The standard InChI is InChI=1S/C9H9N5O2/c1-5-2-3-6(14(15)16)4-7(5)8-11-9(10)13-12-8/h2-4H,1H3,(H3,10,11,12,13). The van der Waals surface area contributed by atoms with Crippen molar-refractivity contribution in [2.75, 3.05) is 5.73 Å². The summed E-state index contributed by atoms with van der Waals surface area (Å²) in [4.78, 5) is 14.1. The Kier molecular flexibility index (Phi) is 2.28. The van der Waals surface area contributed by atoms with Gasteiger partial charge in [-0.3, -0.25) is 15.2 Å². The van der Waals surface area contributed by atoms with Crippen LogP contribution >= 0.6 is 0 Å². The van der Waals surface area contributed by atoms with E-state index in [1.807, 2.05) is 6.92 Å². The predicted octanol–water partition coefficient (Wildman–Crippen LogP) is 1.27. The van der Waals surface area contributed by atoms with Crippen LogP contribution in [-0.2, 0) is 0 Å². The molecule has 0 saturated carbocycles. The number of aromatic nitrogens is 3. The highest BCUT2D eigenvalue weighted by Crippen LogP contribution is 2.24. The summed E-state index contributed by atoms with van der Waals surface area (Å²) in [5.74, 6) is 0.541. The van der Waals surface area contributed by atoms with Crippen molar-refractivity contribution in [3.63, 3.8) is 0 Å². The molecule has 0 atom stereocenters. The first-order chi connectivity index (χ1) is 7.58. The molecule has 0 amide bonds. The first kappa shape index (κ1) is 10.1. The molecule has 0 spiro atoms. The fourth-order valence-corrected chi connectivity index (χ4v) is 1.37. The number of benzene rings is 1. The number of nitrogens with zero attached hydrogens (tertiary/aromatic N) is 3. The Balaban J connectivity index is 2.55. The molecular formula is C9H9N5O2. The monoisotopic (exact) mass is 219 g/mol. The second-order valence-electron chi connectivity index (χ2n) is 3.30. The number of non-ortho nitro benzene ring substituents is 1. The summed E-state index contributed by atoms with van der Waals surface area (Å²) in [5, 5.41) is 16.9. The number of nitrogens with two attached hydrogens (primary N) is 1. The van der Waals surface area contributed by atoms with E-state index < -0.39 is 4.92 Å². The predicted molar refractivity (Wildman–Crippen MR) is 57.6 cm³/mol. The topological polar surface area (TPSA) is 111 Å². The third kappa shape index (κ3) is 1.70. The Hall–Kier alpha value is -2.44. The van der Waals surface area contributed by atoms with Crippen molar-refractivity contribution >= 4 is 11.6 Å². The van der Waals surface area contributed by atoms with Gasteiger partial charge in [-0.1, -0.05) is 6.07 Å². The molecule has 0 unspecified atom stereocenters. The molecule has 0 bridgehead atoms. The molecule has 2 rings (SSSR count). The van der Waals surface area contributed by atoms with E-state index in [0.717, 1.165) is 5.56 Å². The van der Waals surface area contributed by atoms with E-state index in [2.05, 4.69) is 15.2 Å². The molecule has 82 valence electrons. The molecule has 7 heteroatoms. The van der Waals surface area contributed by atoms with Gasteiger partial charge in [0.2, 0.25) is 5.95 Å². The van der Waals surface area contributed by atoms with Crippen molar-refractivity contribution in [1.29, 1.82) is 0 Å². The van der Waals surface area contributed by atoms with Gasteiger partial charge < -0.3 is 5.73 Å². The highest BCUT2D eigenvalue weighted by atomic mass is 16.6. The average molecular weight is 219 g/mol. The fourth-order valence-electron chi connectivity index (χ4n) is 1.37. The zero-order valence-electron chi connectivity index (χ0n) is 8.47. The van der Waals surface area contributed by atoms with Crippen molar-refractivity contribution in [3.05, 3.63) is 33.9 Å². The SMILES string of the molecule is Cc1ccc([N+](=O)[O-])cc1-c1nc(N)n[nH]1. The van der Waals surface area contributed by atoms with Crippen LogP contribution in [0.25, 0.3) is 11.4 Å². The summed E-state index contributed by atoms with van der Waals surface area (Å²) in [6.07, 6.45) is 0. The first-order valence-corrected chi connectivity index (χ1v) is 4.51. The number of rotatable bonds is 2. The van der Waals surface area contributed by atoms with Crippen LogP contribution in [0.2, 0.25) is 0 Å². The normalized spacial score (nSPS) is 10.3. The number of nitro groups is 1. The lowest BCUT2D eigenvalue weighted by atomic mass is 10.1. The summed E-state index contributed by atoms with van der Waals surface area (Å²) in [7, 11) is 0. The van der Waals surface area contributed by atoms with E-state index in [-0.39, 0.29) is 11.6 Å². The van der Waals surface area contributed by atoms with Gasteiger partial charge in [-0.05, 0) is 12.5 Å². The van der Waals surface area contributed by atoms with Crippen LogP contribution in [0.15, 0.2) is 18.2 Å². The Morgan fingerprint density at radius 1 is 1.50 bits per heavy atom. The number of aryl methyl sites for hydroxylation is 1. The summed E-state index contributed by atoms with van der Waals surface area (Å²) in [6.45, 7) is 1.83. The number of hydrogen-bond acceptors (Lipinski definition) is 5. The van der Waals surface area contributed by atoms with Crippen LogP contribution in [0.5, 0.6) is 0 Å². The van der Waals surface area contributed by atoms with Crippen LogP contribution < -0.4 is 5.73 Å². The minimum Gasteiger partial charge on any atom is -0.366 e. The number of hydrogen-bond donors (Lipinski definition) is 2. The van der Waals surface area contributed by atoms with E-state index in [9.17, 15) is 10.1 Å². The molecule has 0 aliphatic carbocycles. The summed E-state index contributed by atoms with van der Waals surface area (Å²) < 4.78 is 0. The Morgan fingerprint density at radius 2 is 2.25 bits per heavy atom. The smallest absolute Gasteiger partial charge is 0.270 e. The lowest BCUT2D eigenvalue weighted by Crippen LogP contribution is -1.92. The van der Waals surface area contributed by atoms with E-state index in [0.29, 0.717) is 11.4 Å². The highest BCUT2D eigenvalue weighted by molar-refractivity contribution is 5.64. The van der Waals surface area contributed by atoms with Gasteiger partial charge in [0.15, 0.2) is 5.82 Å². The number of anilines is 1. The van der Waals surface area contributed by atoms with Crippen molar-refractivity contribution in [2.45, 2.75) is 6.92 Å². The fraction of sp³-hybridized carbons (Fsp3) is 0.111. The van der Waals surface area contributed by atoms with Gasteiger partial charge in [0.05, 0.1) is 4.92 Å². The van der Waals surface area contributed by atoms with E-state index >= 15 is 0 Å². The largest absolute Gasteiger partial charge is 0.366 e. The number of nitrogens with one attached hydrogen (secondary N) is 1. The van der Waals surface area contributed by atoms with E-state index in [4.69, 9.17) is 5.73 Å².